The first-order valence-corrected chi connectivity index (χ1v) is 7.99. The molecule has 0 atom stereocenters. The summed E-state index contributed by atoms with van der Waals surface area (Å²) in [6.07, 6.45) is 1.18. The molecule has 20 heavy (non-hydrogen) atoms. The second-order valence-electron chi connectivity index (χ2n) is 4.62. The summed E-state index contributed by atoms with van der Waals surface area (Å²) >= 11 is 4.94. The van der Waals surface area contributed by atoms with E-state index in [4.69, 9.17) is 0 Å². The van der Waals surface area contributed by atoms with E-state index in [1.54, 1.807) is 35.4 Å². The number of rotatable bonds is 5. The second kappa shape index (κ2) is 6.99. The van der Waals surface area contributed by atoms with Crippen LogP contribution in [0.15, 0.2) is 39.5 Å². The van der Waals surface area contributed by atoms with E-state index in [-0.39, 0.29) is 18.3 Å². The lowest BCUT2D eigenvalue weighted by Gasteiger charge is -2.17. The van der Waals surface area contributed by atoms with E-state index in [2.05, 4.69) is 15.9 Å². The molecule has 2 rings (SSSR count). The van der Waals surface area contributed by atoms with Gasteiger partial charge in [0.05, 0.1) is 0 Å². The van der Waals surface area contributed by atoms with Crippen LogP contribution in [0.25, 0.3) is 0 Å². The Hall–Kier alpha value is -1.20. The summed E-state index contributed by atoms with van der Waals surface area (Å²) in [5, 5.41) is 4.04. The fourth-order valence-corrected chi connectivity index (χ4v) is 3.00. The molecule has 0 aliphatic rings. The highest BCUT2D eigenvalue weighted by atomic mass is 79.9. The first-order chi connectivity index (χ1) is 9.56. The third kappa shape index (κ3) is 4.15. The lowest BCUT2D eigenvalue weighted by molar-refractivity contribution is -0.130. The molecule has 0 bridgehead atoms. The topological polar surface area (TPSA) is 20.3 Å². The molecule has 1 heterocycles. The van der Waals surface area contributed by atoms with Crippen LogP contribution in [0.2, 0.25) is 0 Å². The predicted molar refractivity (Wildman–Crippen MR) is 83.2 cm³/mol. The van der Waals surface area contributed by atoms with Crippen LogP contribution >= 0.6 is 27.3 Å². The smallest absolute Gasteiger partial charge is 0.222 e. The zero-order valence-electron chi connectivity index (χ0n) is 11.1. The van der Waals surface area contributed by atoms with Crippen LogP contribution in [0.5, 0.6) is 0 Å². The van der Waals surface area contributed by atoms with E-state index >= 15 is 0 Å². The van der Waals surface area contributed by atoms with Gasteiger partial charge in [-0.1, -0.05) is 15.9 Å². The van der Waals surface area contributed by atoms with Gasteiger partial charge in [-0.3, -0.25) is 4.79 Å². The highest BCUT2D eigenvalue weighted by Crippen LogP contribution is 2.17. The standard InChI is InChI=1S/C15H15BrFNOS/c1-18(9-12-8-13(16)3-4-14(12)17)15(19)5-2-11-6-7-20-10-11/h3-4,6-8,10H,2,5,9H2,1H3. The van der Waals surface area contributed by atoms with Gasteiger partial charge in [-0.2, -0.15) is 11.3 Å². The van der Waals surface area contributed by atoms with Crippen LogP contribution in [0.4, 0.5) is 4.39 Å². The highest BCUT2D eigenvalue weighted by Gasteiger charge is 2.12. The summed E-state index contributed by atoms with van der Waals surface area (Å²) in [4.78, 5) is 13.6. The number of carbonyl (C=O) groups excluding carboxylic acids is 1. The van der Waals surface area contributed by atoms with Crippen LogP contribution in [0.1, 0.15) is 17.5 Å². The number of amides is 1. The molecule has 0 radical (unpaired) electrons. The molecule has 0 aliphatic carbocycles. The number of aryl methyl sites for hydroxylation is 1. The Balaban J connectivity index is 1.92. The summed E-state index contributed by atoms with van der Waals surface area (Å²) in [6.45, 7) is 0.285. The zero-order chi connectivity index (χ0) is 14.5. The number of carbonyl (C=O) groups is 1. The molecule has 0 saturated heterocycles. The van der Waals surface area contributed by atoms with Crippen LogP contribution in [0, 0.1) is 5.82 Å². The first-order valence-electron chi connectivity index (χ1n) is 6.25. The van der Waals surface area contributed by atoms with Gasteiger partial charge < -0.3 is 4.90 Å². The molecule has 2 nitrogen and oxygen atoms in total. The third-order valence-corrected chi connectivity index (χ3v) is 4.27. The van der Waals surface area contributed by atoms with Crippen molar-refractivity contribution in [3.8, 4) is 0 Å². The van der Waals surface area contributed by atoms with Gasteiger partial charge in [0.25, 0.3) is 0 Å². The largest absolute Gasteiger partial charge is 0.341 e. The SMILES string of the molecule is CN(Cc1cc(Br)ccc1F)C(=O)CCc1ccsc1. The van der Waals surface area contributed by atoms with E-state index in [0.29, 0.717) is 12.0 Å². The molecule has 0 unspecified atom stereocenters. The van der Waals surface area contributed by atoms with Crippen molar-refractivity contribution < 1.29 is 9.18 Å². The van der Waals surface area contributed by atoms with E-state index in [0.717, 1.165) is 10.9 Å². The summed E-state index contributed by atoms with van der Waals surface area (Å²) < 4.78 is 14.5. The van der Waals surface area contributed by atoms with E-state index in [1.807, 2.05) is 16.8 Å². The van der Waals surface area contributed by atoms with Crippen molar-refractivity contribution in [2.45, 2.75) is 19.4 Å². The molecule has 1 aromatic heterocycles. The van der Waals surface area contributed by atoms with Crippen LogP contribution < -0.4 is 0 Å². The molecule has 106 valence electrons. The summed E-state index contributed by atoms with van der Waals surface area (Å²) in [7, 11) is 1.70. The number of hydrogen-bond donors (Lipinski definition) is 0. The van der Waals surface area contributed by atoms with E-state index < -0.39 is 0 Å². The van der Waals surface area contributed by atoms with Crippen molar-refractivity contribution >= 4 is 33.2 Å². The van der Waals surface area contributed by atoms with Crippen molar-refractivity contribution in [1.82, 2.24) is 4.90 Å². The van der Waals surface area contributed by atoms with Gasteiger partial charge in [-0.05, 0) is 47.0 Å². The average molecular weight is 356 g/mol. The average Bonchev–Trinajstić information content (AvgIpc) is 2.93. The third-order valence-electron chi connectivity index (χ3n) is 3.05. The normalized spacial score (nSPS) is 10.6. The van der Waals surface area contributed by atoms with Crippen molar-refractivity contribution in [3.63, 3.8) is 0 Å². The quantitative estimate of drug-likeness (QED) is 0.785. The first kappa shape index (κ1) is 15.2. The summed E-state index contributed by atoms with van der Waals surface area (Å²) in [6, 6.07) is 6.78. The number of benzene rings is 1. The van der Waals surface area contributed by atoms with Crippen LogP contribution in [0.3, 0.4) is 0 Å². The fraction of sp³-hybridized carbons (Fsp3) is 0.267. The molecule has 0 aliphatic heterocycles. The molecule has 0 N–H and O–H groups in total. The molecule has 1 amide bonds. The minimum Gasteiger partial charge on any atom is -0.341 e. The van der Waals surface area contributed by atoms with Gasteiger partial charge in [0.15, 0.2) is 0 Å². The summed E-state index contributed by atoms with van der Waals surface area (Å²) in [5.41, 5.74) is 1.69. The van der Waals surface area contributed by atoms with Crippen molar-refractivity contribution in [1.29, 1.82) is 0 Å². The Bertz CT molecular complexity index is 586. The minimum atomic E-state index is -0.286. The lowest BCUT2D eigenvalue weighted by atomic mass is 10.1. The predicted octanol–water partition coefficient (Wildman–Crippen LogP) is 4.24. The van der Waals surface area contributed by atoms with Crippen LogP contribution in [-0.4, -0.2) is 17.9 Å². The molecule has 0 fully saturated rings. The Labute approximate surface area is 130 Å². The molecular weight excluding hydrogens is 341 g/mol. The van der Waals surface area contributed by atoms with Crippen molar-refractivity contribution in [3.05, 3.63) is 56.4 Å². The monoisotopic (exact) mass is 355 g/mol. The highest BCUT2D eigenvalue weighted by molar-refractivity contribution is 9.10. The Morgan fingerprint density at radius 2 is 2.20 bits per heavy atom. The van der Waals surface area contributed by atoms with Gasteiger partial charge in [-0.25, -0.2) is 4.39 Å². The Morgan fingerprint density at radius 3 is 2.90 bits per heavy atom. The van der Waals surface area contributed by atoms with Gasteiger partial charge in [-0.15, -0.1) is 0 Å². The molecule has 0 spiro atoms. The van der Waals surface area contributed by atoms with Crippen LogP contribution in [-0.2, 0) is 17.8 Å². The second-order valence-corrected chi connectivity index (χ2v) is 6.31. The molecule has 1 aromatic carbocycles. The molecule has 2 aromatic rings. The molecule has 0 saturated carbocycles. The molecular formula is C15H15BrFNOS. The van der Waals surface area contributed by atoms with E-state index in [1.165, 1.54) is 11.6 Å². The van der Waals surface area contributed by atoms with Gasteiger partial charge in [0.2, 0.25) is 5.91 Å². The maximum absolute atomic E-state index is 13.6. The van der Waals surface area contributed by atoms with Gasteiger partial charge >= 0.3 is 0 Å². The number of halogens is 2. The Kier molecular flexibility index (Phi) is 5.31. The maximum atomic E-state index is 13.6. The van der Waals surface area contributed by atoms with Crippen molar-refractivity contribution in [2.24, 2.45) is 0 Å². The van der Waals surface area contributed by atoms with Crippen molar-refractivity contribution in [2.75, 3.05) is 7.05 Å². The Morgan fingerprint density at radius 1 is 1.40 bits per heavy atom. The summed E-state index contributed by atoms with van der Waals surface area (Å²) in [5.74, 6) is -0.263. The number of thiophene rings is 1. The number of nitrogens with zero attached hydrogens (tertiary/aromatic N) is 1. The number of hydrogen-bond acceptors (Lipinski definition) is 2. The lowest BCUT2D eigenvalue weighted by Crippen LogP contribution is -2.26. The van der Waals surface area contributed by atoms with E-state index in [9.17, 15) is 9.18 Å². The zero-order valence-corrected chi connectivity index (χ0v) is 13.5. The minimum absolute atomic E-state index is 0.0237. The maximum Gasteiger partial charge on any atom is 0.222 e. The fourth-order valence-electron chi connectivity index (χ4n) is 1.89. The molecule has 5 heteroatoms. The van der Waals surface area contributed by atoms with Gasteiger partial charge in [0.1, 0.15) is 5.82 Å². The van der Waals surface area contributed by atoms with Gasteiger partial charge in [0, 0.05) is 30.0 Å².